The van der Waals surface area contributed by atoms with Crippen LogP contribution in [0.15, 0.2) is 0 Å². The molecule has 342 valence electrons. The molecule has 0 spiro atoms. The van der Waals surface area contributed by atoms with E-state index >= 15 is 0 Å². The minimum Gasteiger partial charge on any atom is -0.382 e. The van der Waals surface area contributed by atoms with Crippen molar-refractivity contribution in [2.75, 3.05) is 231 Å². The van der Waals surface area contributed by atoms with Crippen LogP contribution in [0.5, 0.6) is 0 Å². The zero-order valence-corrected chi connectivity index (χ0v) is 37.0. The highest BCUT2D eigenvalue weighted by Gasteiger charge is 2.05. The third-order valence-corrected chi connectivity index (χ3v) is 8.60. The van der Waals surface area contributed by atoms with E-state index in [0.717, 1.165) is 23.2 Å². The second kappa shape index (κ2) is 51.7. The van der Waals surface area contributed by atoms with E-state index in [2.05, 4.69) is 18.7 Å². The molecule has 0 saturated carbocycles. The fourth-order valence-corrected chi connectivity index (χ4v) is 5.41. The minimum atomic E-state index is 0.501. The van der Waals surface area contributed by atoms with Crippen molar-refractivity contribution in [3.63, 3.8) is 0 Å². The molecule has 0 aliphatic rings. The first-order chi connectivity index (χ1) is 28.3. The molecule has 0 aromatic heterocycles. The molecule has 0 aliphatic heterocycles. The van der Waals surface area contributed by atoms with Gasteiger partial charge in [0.2, 0.25) is 0 Å². The summed E-state index contributed by atoms with van der Waals surface area (Å²) >= 11 is 7.06. The van der Waals surface area contributed by atoms with Gasteiger partial charge in [-0.1, -0.05) is 24.0 Å². The zero-order chi connectivity index (χ0) is 41.2. The predicted octanol–water partition coefficient (Wildman–Crippen LogP) is 2.24. The summed E-state index contributed by atoms with van der Waals surface area (Å²) in [5.41, 5.74) is 0. The summed E-state index contributed by atoms with van der Waals surface area (Å²) in [7, 11) is 1.65. The van der Waals surface area contributed by atoms with Gasteiger partial charge in [0.1, 0.15) is 4.32 Å². The van der Waals surface area contributed by atoms with Crippen molar-refractivity contribution < 1.29 is 75.8 Å². The molecule has 0 atom stereocenters. The molecular formula is C38H77NO16S2. The summed E-state index contributed by atoms with van der Waals surface area (Å²) in [6.45, 7) is 22.4. The van der Waals surface area contributed by atoms with Gasteiger partial charge in [-0.05, 0) is 13.8 Å². The van der Waals surface area contributed by atoms with Crippen LogP contribution in [0.25, 0.3) is 0 Å². The molecule has 0 amide bonds. The van der Waals surface area contributed by atoms with Crippen LogP contribution in [0.2, 0.25) is 0 Å². The van der Waals surface area contributed by atoms with Crippen LogP contribution in [-0.4, -0.2) is 240 Å². The normalized spacial score (nSPS) is 11.6. The van der Waals surface area contributed by atoms with Crippen LogP contribution in [0, 0.1) is 0 Å². The lowest BCUT2D eigenvalue weighted by Crippen LogP contribution is -2.27. The van der Waals surface area contributed by atoms with Crippen LogP contribution in [0.4, 0.5) is 0 Å². The highest BCUT2D eigenvalue weighted by atomic mass is 32.2. The smallest absolute Gasteiger partial charge is 0.136 e. The zero-order valence-electron chi connectivity index (χ0n) is 35.3. The van der Waals surface area contributed by atoms with Crippen LogP contribution in [0.3, 0.4) is 0 Å². The van der Waals surface area contributed by atoms with E-state index in [1.54, 1.807) is 18.9 Å². The number of nitrogens with zero attached hydrogens (tertiary/aromatic N) is 1. The van der Waals surface area contributed by atoms with Gasteiger partial charge >= 0.3 is 0 Å². The molecule has 0 N–H and O–H groups in total. The van der Waals surface area contributed by atoms with E-state index < -0.39 is 0 Å². The summed E-state index contributed by atoms with van der Waals surface area (Å²) in [6, 6.07) is 0. The Hall–Kier alpha value is -0.400. The van der Waals surface area contributed by atoms with Crippen LogP contribution >= 0.6 is 24.0 Å². The van der Waals surface area contributed by atoms with Gasteiger partial charge in [0.05, 0.1) is 205 Å². The Morgan fingerprint density at radius 2 is 0.491 bits per heavy atom. The third kappa shape index (κ3) is 48.1. The van der Waals surface area contributed by atoms with Crippen molar-refractivity contribution in [2.45, 2.75) is 13.8 Å². The van der Waals surface area contributed by atoms with Crippen molar-refractivity contribution in [1.82, 2.24) is 4.90 Å². The third-order valence-electron chi connectivity index (χ3n) is 7.11. The predicted molar refractivity (Wildman–Crippen MR) is 222 cm³/mol. The van der Waals surface area contributed by atoms with E-state index in [-0.39, 0.29) is 0 Å². The molecule has 0 rings (SSSR count). The monoisotopic (exact) mass is 867 g/mol. The van der Waals surface area contributed by atoms with Crippen molar-refractivity contribution in [3.05, 3.63) is 0 Å². The number of thioether (sulfide) groups is 1. The Labute approximate surface area is 352 Å². The fourth-order valence-electron chi connectivity index (χ4n) is 4.08. The number of hydrogen-bond acceptors (Lipinski definition) is 18. The van der Waals surface area contributed by atoms with E-state index in [1.165, 1.54) is 0 Å². The van der Waals surface area contributed by atoms with Gasteiger partial charge < -0.3 is 80.7 Å². The number of ether oxygens (including phenoxy) is 16. The number of rotatable bonds is 50. The maximum atomic E-state index is 5.58. The lowest BCUT2D eigenvalue weighted by Gasteiger charge is -2.20. The van der Waals surface area contributed by atoms with Gasteiger partial charge in [-0.2, -0.15) is 0 Å². The van der Waals surface area contributed by atoms with Crippen molar-refractivity contribution in [3.8, 4) is 0 Å². The summed E-state index contributed by atoms with van der Waals surface area (Å²) in [5, 5.41) is 0. The number of methoxy groups -OCH3 is 1. The average molecular weight is 868 g/mol. The van der Waals surface area contributed by atoms with Gasteiger partial charge in [0.25, 0.3) is 0 Å². The Bertz CT molecular complexity index is 768. The largest absolute Gasteiger partial charge is 0.382 e. The first-order valence-corrected chi connectivity index (χ1v) is 21.7. The highest BCUT2D eigenvalue weighted by Crippen LogP contribution is 2.08. The summed E-state index contributed by atoms with van der Waals surface area (Å²) in [5.74, 6) is 0.851. The maximum Gasteiger partial charge on any atom is 0.136 e. The molecule has 0 radical (unpaired) electrons. The first kappa shape index (κ1) is 56.6. The van der Waals surface area contributed by atoms with E-state index in [1.807, 2.05) is 0 Å². The summed E-state index contributed by atoms with van der Waals surface area (Å²) in [6.07, 6.45) is 0. The molecule has 0 unspecified atom stereocenters. The number of hydrogen-bond donors (Lipinski definition) is 0. The minimum absolute atomic E-state index is 0.501. The van der Waals surface area contributed by atoms with Gasteiger partial charge in [0.15, 0.2) is 0 Å². The summed E-state index contributed by atoms with van der Waals surface area (Å²) in [4.78, 5) is 2.17. The lowest BCUT2D eigenvalue weighted by atomic mass is 10.6. The van der Waals surface area contributed by atoms with Gasteiger partial charge in [-0.25, -0.2) is 0 Å². The molecule has 0 aromatic rings. The second-order valence-electron chi connectivity index (χ2n) is 11.5. The molecule has 0 heterocycles. The number of thiocarbonyl (C=S) groups is 1. The molecule has 19 heteroatoms. The molecular weight excluding hydrogens is 791 g/mol. The van der Waals surface area contributed by atoms with Crippen LogP contribution in [0.1, 0.15) is 13.8 Å². The van der Waals surface area contributed by atoms with Crippen molar-refractivity contribution in [1.29, 1.82) is 0 Å². The van der Waals surface area contributed by atoms with Crippen molar-refractivity contribution >= 4 is 28.3 Å². The summed E-state index contributed by atoms with van der Waals surface area (Å²) < 4.78 is 88.1. The fraction of sp³-hybridized carbons (Fsp3) is 0.974. The van der Waals surface area contributed by atoms with Crippen LogP contribution in [-0.2, 0) is 75.8 Å². The molecule has 17 nitrogen and oxygen atoms in total. The molecule has 0 bridgehead atoms. The standard InChI is InChI=1S/C38H77NO16S2/c1-4-39(5-2)38(56)57-37-36-55-35-34-54-33-32-53-31-30-52-29-28-51-27-26-50-25-24-49-23-22-48-21-20-47-19-18-46-17-16-45-15-14-44-13-12-43-11-10-42-9-8-41-7-6-40-3/h4-37H2,1-3H3. The van der Waals surface area contributed by atoms with Gasteiger partial charge in [-0.15, -0.1) is 0 Å². The van der Waals surface area contributed by atoms with E-state index in [0.29, 0.717) is 205 Å². The Balaban J connectivity index is 3.09. The lowest BCUT2D eigenvalue weighted by molar-refractivity contribution is -0.0302. The average Bonchev–Trinajstić information content (AvgIpc) is 3.22. The molecule has 0 fully saturated rings. The molecule has 0 aromatic carbocycles. The maximum absolute atomic E-state index is 5.58. The second-order valence-corrected chi connectivity index (χ2v) is 13.2. The Morgan fingerprint density at radius 1 is 0.316 bits per heavy atom. The van der Waals surface area contributed by atoms with Gasteiger partial charge in [0, 0.05) is 26.0 Å². The highest BCUT2D eigenvalue weighted by molar-refractivity contribution is 8.22. The molecule has 0 saturated heterocycles. The molecule has 57 heavy (non-hydrogen) atoms. The Morgan fingerprint density at radius 3 is 0.667 bits per heavy atom. The van der Waals surface area contributed by atoms with Crippen LogP contribution < -0.4 is 0 Å². The van der Waals surface area contributed by atoms with Gasteiger partial charge in [-0.3, -0.25) is 0 Å². The molecule has 0 aliphatic carbocycles. The first-order valence-electron chi connectivity index (χ1n) is 20.3. The SMILES string of the molecule is CCN(CC)C(=S)SCCOCCOCCOCCOCCOCCOCCOCCOCCOCCOCCOCCOCCOCCOCCOCCOC. The topological polar surface area (TPSA) is 151 Å². The quantitative estimate of drug-likeness (QED) is 0.0649. The Kier molecular flexibility index (Phi) is 51.4. The van der Waals surface area contributed by atoms with Crippen molar-refractivity contribution in [2.24, 2.45) is 0 Å². The van der Waals surface area contributed by atoms with E-state index in [9.17, 15) is 0 Å². The van der Waals surface area contributed by atoms with E-state index in [4.69, 9.17) is 88.0 Å².